The van der Waals surface area contributed by atoms with Crippen molar-refractivity contribution in [3.05, 3.63) is 29.0 Å². The number of amides is 1. The monoisotopic (exact) mass is 260 g/mol. The lowest BCUT2D eigenvalue weighted by Crippen LogP contribution is -2.37. The number of rotatable bonds is 4. The van der Waals surface area contributed by atoms with Gasteiger partial charge in [0.25, 0.3) is 0 Å². The number of benzene rings is 1. The molecule has 0 saturated heterocycles. The van der Waals surface area contributed by atoms with Gasteiger partial charge in [-0.3, -0.25) is 9.59 Å². The summed E-state index contributed by atoms with van der Waals surface area (Å²) < 4.78 is 12.9. The Kier molecular flexibility index (Phi) is 4.42. The van der Waals surface area contributed by atoms with Crippen molar-refractivity contribution in [2.24, 2.45) is 5.73 Å². The van der Waals surface area contributed by atoms with E-state index < -0.39 is 30.2 Å². The van der Waals surface area contributed by atoms with E-state index in [4.69, 9.17) is 22.4 Å². The molecule has 0 fully saturated rings. The van der Waals surface area contributed by atoms with Gasteiger partial charge in [0.15, 0.2) is 0 Å². The molecule has 0 heterocycles. The van der Waals surface area contributed by atoms with Crippen molar-refractivity contribution in [2.45, 2.75) is 12.5 Å². The van der Waals surface area contributed by atoms with Crippen molar-refractivity contribution in [1.29, 1.82) is 0 Å². The van der Waals surface area contributed by atoms with Crippen LogP contribution in [0.1, 0.15) is 6.42 Å². The Hall–Kier alpha value is -1.66. The molecule has 92 valence electrons. The standard InChI is InChI=1S/C10H10ClFN2O3/c11-5-1-6(12)3-7(2-5)14-10(17)8(13)4-9(15)16/h1-3,8H,4,13H2,(H,14,17)(H,15,16). The Labute approximate surface area is 101 Å². The lowest BCUT2D eigenvalue weighted by molar-refractivity contribution is -0.138. The molecule has 1 rings (SSSR count). The highest BCUT2D eigenvalue weighted by molar-refractivity contribution is 6.30. The van der Waals surface area contributed by atoms with Crippen LogP contribution in [-0.2, 0) is 9.59 Å². The van der Waals surface area contributed by atoms with E-state index in [1.807, 2.05) is 0 Å². The minimum Gasteiger partial charge on any atom is -0.481 e. The summed E-state index contributed by atoms with van der Waals surface area (Å²) in [5, 5.41) is 10.8. The van der Waals surface area contributed by atoms with E-state index in [1.54, 1.807) is 0 Å². The lowest BCUT2D eigenvalue weighted by Gasteiger charge is -2.10. The fourth-order valence-electron chi connectivity index (χ4n) is 1.14. The highest BCUT2D eigenvalue weighted by atomic mass is 35.5. The number of carboxylic acids is 1. The van der Waals surface area contributed by atoms with Crippen molar-refractivity contribution < 1.29 is 19.1 Å². The van der Waals surface area contributed by atoms with E-state index in [0.29, 0.717) is 0 Å². The van der Waals surface area contributed by atoms with Crippen LogP contribution < -0.4 is 11.1 Å². The number of carbonyl (C=O) groups is 2. The van der Waals surface area contributed by atoms with E-state index in [9.17, 15) is 14.0 Å². The molecule has 1 amide bonds. The van der Waals surface area contributed by atoms with Crippen LogP contribution in [0.2, 0.25) is 5.02 Å². The van der Waals surface area contributed by atoms with Gasteiger partial charge < -0.3 is 16.2 Å². The number of hydrogen-bond donors (Lipinski definition) is 3. The molecule has 7 heteroatoms. The highest BCUT2D eigenvalue weighted by Gasteiger charge is 2.17. The summed E-state index contributed by atoms with van der Waals surface area (Å²) in [6, 6.07) is 2.26. The SMILES string of the molecule is NC(CC(=O)O)C(=O)Nc1cc(F)cc(Cl)c1. The van der Waals surface area contributed by atoms with Gasteiger partial charge in [-0.05, 0) is 18.2 Å². The van der Waals surface area contributed by atoms with Crippen LogP contribution in [0.3, 0.4) is 0 Å². The van der Waals surface area contributed by atoms with Crippen molar-refractivity contribution in [2.75, 3.05) is 5.32 Å². The molecule has 0 aliphatic heterocycles. The summed E-state index contributed by atoms with van der Waals surface area (Å²) in [7, 11) is 0. The summed E-state index contributed by atoms with van der Waals surface area (Å²) in [6.07, 6.45) is -0.505. The Morgan fingerprint density at radius 3 is 2.65 bits per heavy atom. The first-order valence-electron chi connectivity index (χ1n) is 4.63. The second-order valence-electron chi connectivity index (χ2n) is 3.35. The van der Waals surface area contributed by atoms with Gasteiger partial charge in [0.05, 0.1) is 12.5 Å². The van der Waals surface area contributed by atoms with Crippen LogP contribution in [0.4, 0.5) is 10.1 Å². The number of hydrogen-bond acceptors (Lipinski definition) is 3. The summed E-state index contributed by atoms with van der Waals surface area (Å²) in [5.74, 6) is -2.52. The van der Waals surface area contributed by atoms with Crippen LogP contribution in [0, 0.1) is 5.82 Å². The maximum absolute atomic E-state index is 12.9. The molecule has 4 N–H and O–H groups in total. The number of carboxylic acid groups (broad SMARTS) is 1. The number of aliphatic carboxylic acids is 1. The third kappa shape index (κ3) is 4.38. The molecule has 1 aromatic rings. The predicted octanol–water partition coefficient (Wildman–Crippen LogP) is 1.22. The quantitative estimate of drug-likeness (QED) is 0.759. The van der Waals surface area contributed by atoms with Crippen molar-refractivity contribution in [3.63, 3.8) is 0 Å². The maximum atomic E-state index is 12.9. The third-order valence-corrected chi connectivity index (χ3v) is 2.08. The zero-order chi connectivity index (χ0) is 13.0. The molecular weight excluding hydrogens is 251 g/mol. The first kappa shape index (κ1) is 13.4. The van der Waals surface area contributed by atoms with E-state index >= 15 is 0 Å². The van der Waals surface area contributed by atoms with Crippen LogP contribution in [0.15, 0.2) is 18.2 Å². The van der Waals surface area contributed by atoms with Crippen molar-refractivity contribution in [3.8, 4) is 0 Å². The highest BCUT2D eigenvalue weighted by Crippen LogP contribution is 2.18. The van der Waals surface area contributed by atoms with Crippen molar-refractivity contribution in [1.82, 2.24) is 0 Å². The lowest BCUT2D eigenvalue weighted by atomic mass is 10.2. The summed E-state index contributed by atoms with van der Waals surface area (Å²) in [5.41, 5.74) is 5.45. The van der Waals surface area contributed by atoms with Gasteiger partial charge in [-0.1, -0.05) is 11.6 Å². The number of halogens is 2. The van der Waals surface area contributed by atoms with Gasteiger partial charge in [0.1, 0.15) is 5.82 Å². The Morgan fingerprint density at radius 2 is 2.12 bits per heavy atom. The Bertz CT molecular complexity index is 433. The van der Waals surface area contributed by atoms with Gasteiger partial charge >= 0.3 is 5.97 Å². The van der Waals surface area contributed by atoms with E-state index in [2.05, 4.69) is 5.32 Å². The van der Waals surface area contributed by atoms with Gasteiger partial charge in [-0.2, -0.15) is 0 Å². The summed E-state index contributed by atoms with van der Waals surface area (Å²) >= 11 is 5.58. The molecular formula is C10H10ClFN2O3. The first-order valence-corrected chi connectivity index (χ1v) is 5.00. The minimum atomic E-state index is -1.20. The number of nitrogens with one attached hydrogen (secondary N) is 1. The largest absolute Gasteiger partial charge is 0.481 e. The van der Waals surface area contributed by atoms with Gasteiger partial charge in [-0.15, -0.1) is 0 Å². The number of anilines is 1. The summed E-state index contributed by atoms with van der Waals surface area (Å²) in [6.45, 7) is 0. The van der Waals surface area contributed by atoms with E-state index in [-0.39, 0.29) is 10.7 Å². The van der Waals surface area contributed by atoms with Gasteiger partial charge in [0, 0.05) is 10.7 Å². The number of carbonyl (C=O) groups excluding carboxylic acids is 1. The zero-order valence-electron chi connectivity index (χ0n) is 8.61. The fraction of sp³-hybridized carbons (Fsp3) is 0.200. The molecule has 17 heavy (non-hydrogen) atoms. The van der Waals surface area contributed by atoms with Crippen LogP contribution in [0.5, 0.6) is 0 Å². The predicted molar refractivity (Wildman–Crippen MR) is 60.3 cm³/mol. The second-order valence-corrected chi connectivity index (χ2v) is 3.79. The summed E-state index contributed by atoms with van der Waals surface area (Å²) in [4.78, 5) is 21.7. The Balaban J connectivity index is 2.70. The zero-order valence-corrected chi connectivity index (χ0v) is 9.37. The molecule has 0 radical (unpaired) electrons. The topological polar surface area (TPSA) is 92.4 Å². The molecule has 0 aromatic heterocycles. The molecule has 0 saturated carbocycles. The van der Waals surface area contributed by atoms with Crippen LogP contribution in [-0.4, -0.2) is 23.0 Å². The number of nitrogens with two attached hydrogens (primary N) is 1. The average molecular weight is 261 g/mol. The second kappa shape index (κ2) is 5.60. The molecule has 5 nitrogen and oxygen atoms in total. The third-order valence-electron chi connectivity index (χ3n) is 1.86. The normalized spacial score (nSPS) is 11.9. The first-order chi connectivity index (χ1) is 7.88. The smallest absolute Gasteiger partial charge is 0.305 e. The fourth-order valence-corrected chi connectivity index (χ4v) is 1.36. The van der Waals surface area contributed by atoms with Crippen molar-refractivity contribution >= 4 is 29.2 Å². The molecule has 1 atom stereocenters. The van der Waals surface area contributed by atoms with E-state index in [0.717, 1.165) is 12.1 Å². The molecule has 0 spiro atoms. The van der Waals surface area contributed by atoms with Crippen LogP contribution >= 0.6 is 11.6 Å². The minimum absolute atomic E-state index is 0.118. The molecule has 0 aliphatic rings. The molecule has 1 unspecified atom stereocenters. The van der Waals surface area contributed by atoms with Gasteiger partial charge in [0.2, 0.25) is 5.91 Å². The molecule has 0 bridgehead atoms. The average Bonchev–Trinajstić information content (AvgIpc) is 2.14. The van der Waals surface area contributed by atoms with E-state index in [1.165, 1.54) is 6.07 Å². The molecule has 0 aliphatic carbocycles. The molecule has 1 aromatic carbocycles. The van der Waals surface area contributed by atoms with Crippen LogP contribution in [0.25, 0.3) is 0 Å². The maximum Gasteiger partial charge on any atom is 0.305 e. The van der Waals surface area contributed by atoms with Gasteiger partial charge in [-0.25, -0.2) is 4.39 Å². The Morgan fingerprint density at radius 1 is 1.47 bits per heavy atom.